The Labute approximate surface area is 222 Å². The zero-order valence-electron chi connectivity index (χ0n) is 21.8. The van der Waals surface area contributed by atoms with E-state index in [4.69, 9.17) is 4.74 Å². The zero-order chi connectivity index (χ0) is 27.0. The Balaban J connectivity index is 1.65. The molecule has 5 rings (SSSR count). The molecule has 1 atom stereocenters. The van der Waals surface area contributed by atoms with E-state index in [1.807, 2.05) is 26.0 Å². The summed E-state index contributed by atoms with van der Waals surface area (Å²) in [4.78, 5) is 30.4. The van der Waals surface area contributed by atoms with Crippen LogP contribution >= 0.6 is 0 Å². The molecule has 0 aromatic heterocycles. The lowest BCUT2D eigenvalue weighted by Gasteiger charge is -2.26. The predicted octanol–water partition coefficient (Wildman–Crippen LogP) is 6.18. The first-order chi connectivity index (χ1) is 18.3. The van der Waals surface area contributed by atoms with Gasteiger partial charge in [-0.05, 0) is 72.9 Å². The molecule has 196 valence electrons. The highest BCUT2D eigenvalue weighted by atomic mass is 19.1. The van der Waals surface area contributed by atoms with Crippen molar-refractivity contribution in [1.29, 1.82) is 0 Å². The number of anilines is 2. The lowest BCUT2D eigenvalue weighted by molar-refractivity contribution is -0.132. The number of aliphatic hydroxyl groups excluding tert-OH is 1. The number of aliphatic hydroxyl groups is 1. The smallest absolute Gasteiger partial charge is 0.300 e. The number of halogens is 1. The van der Waals surface area contributed by atoms with Gasteiger partial charge >= 0.3 is 0 Å². The van der Waals surface area contributed by atoms with Crippen LogP contribution in [0.3, 0.4) is 0 Å². The summed E-state index contributed by atoms with van der Waals surface area (Å²) in [5, 5.41) is 11.5. The monoisotopic (exact) mass is 514 g/mol. The molecule has 7 heteroatoms. The fraction of sp³-hybridized carbons (Fsp3) is 0.290. The Morgan fingerprint density at radius 1 is 0.974 bits per heavy atom. The number of methoxy groups -OCH3 is 1. The summed E-state index contributed by atoms with van der Waals surface area (Å²) in [6.45, 7) is 5.93. The molecule has 1 unspecified atom stereocenters. The van der Waals surface area contributed by atoms with Crippen molar-refractivity contribution >= 4 is 28.8 Å². The number of hydrogen-bond donors (Lipinski definition) is 1. The van der Waals surface area contributed by atoms with Gasteiger partial charge in [-0.3, -0.25) is 14.5 Å². The van der Waals surface area contributed by atoms with E-state index in [2.05, 4.69) is 4.90 Å². The first-order valence-corrected chi connectivity index (χ1v) is 12.9. The lowest BCUT2D eigenvalue weighted by Crippen LogP contribution is -2.30. The molecule has 3 aromatic rings. The molecule has 0 radical (unpaired) electrons. The molecule has 2 saturated heterocycles. The molecule has 1 amide bonds. The van der Waals surface area contributed by atoms with Gasteiger partial charge in [-0.25, -0.2) is 4.39 Å². The summed E-state index contributed by atoms with van der Waals surface area (Å²) < 4.78 is 20.6. The number of amides is 1. The van der Waals surface area contributed by atoms with E-state index in [0.717, 1.165) is 37.2 Å². The molecular weight excluding hydrogens is 483 g/mol. The average molecular weight is 515 g/mol. The van der Waals surface area contributed by atoms with Gasteiger partial charge in [0.1, 0.15) is 17.3 Å². The molecule has 2 heterocycles. The molecule has 3 aromatic carbocycles. The largest absolute Gasteiger partial charge is 0.507 e. The maximum absolute atomic E-state index is 15.2. The molecule has 0 aliphatic carbocycles. The Kier molecular flexibility index (Phi) is 6.93. The van der Waals surface area contributed by atoms with Crippen molar-refractivity contribution in [3.63, 3.8) is 0 Å². The summed E-state index contributed by atoms with van der Waals surface area (Å²) in [6, 6.07) is 17.4. The molecule has 2 fully saturated rings. The normalized spacial score (nSPS) is 19.0. The average Bonchev–Trinajstić information content (AvgIpc) is 3.55. The first kappa shape index (κ1) is 25.5. The molecule has 2 aliphatic rings. The summed E-state index contributed by atoms with van der Waals surface area (Å²) >= 11 is 0. The predicted molar refractivity (Wildman–Crippen MR) is 146 cm³/mol. The minimum absolute atomic E-state index is 0.0802. The summed E-state index contributed by atoms with van der Waals surface area (Å²) in [5.74, 6) is -1.86. The maximum atomic E-state index is 15.2. The van der Waals surface area contributed by atoms with E-state index in [-0.39, 0.29) is 22.8 Å². The highest BCUT2D eigenvalue weighted by Crippen LogP contribution is 2.44. The first-order valence-electron chi connectivity index (χ1n) is 12.9. The van der Waals surface area contributed by atoms with Crippen LogP contribution in [0.4, 0.5) is 15.8 Å². The van der Waals surface area contributed by atoms with Gasteiger partial charge in [-0.15, -0.1) is 0 Å². The molecule has 2 aliphatic heterocycles. The van der Waals surface area contributed by atoms with Crippen LogP contribution in [0.1, 0.15) is 55.3 Å². The topological polar surface area (TPSA) is 70.1 Å². The van der Waals surface area contributed by atoms with Crippen LogP contribution in [0.2, 0.25) is 0 Å². The van der Waals surface area contributed by atoms with Gasteiger partial charge in [0.25, 0.3) is 11.7 Å². The van der Waals surface area contributed by atoms with E-state index in [9.17, 15) is 14.7 Å². The van der Waals surface area contributed by atoms with Gasteiger partial charge in [0.05, 0.1) is 18.7 Å². The fourth-order valence-electron chi connectivity index (χ4n) is 5.38. The Morgan fingerprint density at radius 3 is 2.26 bits per heavy atom. The lowest BCUT2D eigenvalue weighted by atomic mass is 9.93. The van der Waals surface area contributed by atoms with E-state index in [1.165, 1.54) is 11.0 Å². The van der Waals surface area contributed by atoms with Crippen molar-refractivity contribution < 1.29 is 23.8 Å². The number of carbonyl (C=O) groups is 2. The third-order valence-electron chi connectivity index (χ3n) is 7.37. The number of hydrogen-bond acceptors (Lipinski definition) is 5. The highest BCUT2D eigenvalue weighted by Gasteiger charge is 2.47. The van der Waals surface area contributed by atoms with Crippen molar-refractivity contribution in [2.24, 2.45) is 0 Å². The summed E-state index contributed by atoms with van der Waals surface area (Å²) in [7, 11) is 1.57. The van der Waals surface area contributed by atoms with Gasteiger partial charge in [0.15, 0.2) is 0 Å². The molecule has 0 spiro atoms. The van der Waals surface area contributed by atoms with Crippen LogP contribution < -0.4 is 14.5 Å². The third kappa shape index (κ3) is 4.42. The number of ketones is 1. The number of benzene rings is 3. The van der Waals surface area contributed by atoms with Gasteiger partial charge < -0.3 is 14.7 Å². The Hall–Kier alpha value is -4.13. The molecule has 6 nitrogen and oxygen atoms in total. The Bertz CT molecular complexity index is 1410. The second-order valence-corrected chi connectivity index (χ2v) is 10.0. The minimum atomic E-state index is -1.13. The van der Waals surface area contributed by atoms with Gasteiger partial charge in [0, 0.05) is 35.6 Å². The van der Waals surface area contributed by atoms with E-state index < -0.39 is 23.5 Å². The van der Waals surface area contributed by atoms with Crippen molar-refractivity contribution in [1.82, 2.24) is 0 Å². The minimum Gasteiger partial charge on any atom is -0.507 e. The molecule has 38 heavy (non-hydrogen) atoms. The number of nitrogens with zero attached hydrogens (tertiary/aromatic N) is 2. The number of carbonyl (C=O) groups excluding carboxylic acids is 2. The van der Waals surface area contributed by atoms with Crippen molar-refractivity contribution in [2.45, 2.75) is 38.6 Å². The highest BCUT2D eigenvalue weighted by molar-refractivity contribution is 6.51. The van der Waals surface area contributed by atoms with Crippen molar-refractivity contribution in [2.75, 3.05) is 30.0 Å². The van der Waals surface area contributed by atoms with Crippen LogP contribution in [0.15, 0.2) is 72.3 Å². The van der Waals surface area contributed by atoms with E-state index in [0.29, 0.717) is 17.0 Å². The van der Waals surface area contributed by atoms with Crippen LogP contribution in [-0.2, 0) is 9.59 Å². The van der Waals surface area contributed by atoms with Crippen molar-refractivity contribution in [3.8, 4) is 5.75 Å². The quantitative estimate of drug-likeness (QED) is 0.242. The summed E-state index contributed by atoms with van der Waals surface area (Å²) in [5.41, 5.74) is 2.67. The summed E-state index contributed by atoms with van der Waals surface area (Å²) in [6.07, 6.45) is 2.26. The van der Waals surface area contributed by atoms with E-state index >= 15 is 4.39 Å². The second kappa shape index (κ2) is 10.3. The molecule has 0 saturated carbocycles. The van der Waals surface area contributed by atoms with Gasteiger partial charge in [0.2, 0.25) is 0 Å². The van der Waals surface area contributed by atoms with Crippen LogP contribution in [-0.4, -0.2) is 37.0 Å². The maximum Gasteiger partial charge on any atom is 0.300 e. The van der Waals surface area contributed by atoms with Crippen LogP contribution in [0, 0.1) is 5.82 Å². The standard InChI is InChI=1S/C31H31FN2O4/c1-19(2)24-18-20(10-15-26(24)38-3)29(35)27-28(23-8-4-5-9-25(23)32)34(31(37)30(27)36)22-13-11-21(12-14-22)33-16-6-7-17-33/h4-5,8-15,18-19,28,35H,6-7,16-17H2,1-3H3/b29-27+. The van der Waals surface area contributed by atoms with Crippen LogP contribution in [0.5, 0.6) is 5.75 Å². The van der Waals surface area contributed by atoms with Gasteiger partial charge in [-0.2, -0.15) is 0 Å². The van der Waals surface area contributed by atoms with E-state index in [1.54, 1.807) is 55.6 Å². The molecule has 0 bridgehead atoms. The zero-order valence-corrected chi connectivity index (χ0v) is 21.8. The van der Waals surface area contributed by atoms with Crippen molar-refractivity contribution in [3.05, 3.63) is 94.8 Å². The second-order valence-electron chi connectivity index (χ2n) is 10.0. The fourth-order valence-corrected chi connectivity index (χ4v) is 5.38. The molecule has 1 N–H and O–H groups in total. The Morgan fingerprint density at radius 2 is 1.63 bits per heavy atom. The van der Waals surface area contributed by atoms with Crippen LogP contribution in [0.25, 0.3) is 5.76 Å². The number of Topliss-reactive ketones (excluding diaryl/α,β-unsaturated/α-hetero) is 1. The third-order valence-corrected chi connectivity index (χ3v) is 7.37. The van der Waals surface area contributed by atoms with Gasteiger partial charge in [-0.1, -0.05) is 32.0 Å². The number of ether oxygens (including phenoxy) is 1. The SMILES string of the molecule is COc1ccc(/C(O)=C2\C(=O)C(=O)N(c3ccc(N4CCCC4)cc3)C2c2ccccc2F)cc1C(C)C. The number of rotatable bonds is 6. The molecular formula is C31H31FN2O4.